The molecule has 2 N–H and O–H groups in total. The summed E-state index contributed by atoms with van der Waals surface area (Å²) in [5.41, 5.74) is 12.4. The SMILES string of the molecule is C1=CNCC(C2CCC=C(C3CCC4=C(C3)OC3=C(CCC=C3)C43C4CCCC=C4OC4C=C(n5c6c(c7ccccc75)CNCC6)CCC43)C2)=C1. The molecule has 1 saturated heterocycles. The van der Waals surface area contributed by atoms with Crippen LogP contribution in [0.25, 0.3) is 16.6 Å². The summed E-state index contributed by atoms with van der Waals surface area (Å²) in [5.74, 6) is 5.88. The molecular weight excluding hydrogens is 639 g/mol. The van der Waals surface area contributed by atoms with Crippen LogP contribution in [-0.4, -0.2) is 23.8 Å². The number of hydrogen-bond acceptors (Lipinski definition) is 4. The van der Waals surface area contributed by atoms with Crippen LogP contribution in [0.3, 0.4) is 0 Å². The van der Waals surface area contributed by atoms with Crippen molar-refractivity contribution < 1.29 is 9.47 Å². The zero-order valence-corrected chi connectivity index (χ0v) is 30.6. The van der Waals surface area contributed by atoms with E-state index in [0.717, 1.165) is 71.0 Å². The highest BCUT2D eigenvalue weighted by Gasteiger charge is 2.62. The van der Waals surface area contributed by atoms with Crippen LogP contribution in [0.1, 0.15) is 94.7 Å². The third-order valence-corrected chi connectivity index (χ3v) is 14.6. The Morgan fingerprint density at radius 2 is 1.81 bits per heavy atom. The Labute approximate surface area is 309 Å². The van der Waals surface area contributed by atoms with Crippen LogP contribution in [0.2, 0.25) is 0 Å². The summed E-state index contributed by atoms with van der Waals surface area (Å²) in [6.45, 7) is 3.01. The number of ether oxygens (including phenoxy) is 2. The lowest BCUT2D eigenvalue weighted by Crippen LogP contribution is -2.55. The summed E-state index contributed by atoms with van der Waals surface area (Å²) in [7, 11) is 0. The molecule has 1 aromatic heterocycles. The number of allylic oxidation sites excluding steroid dienone is 12. The topological polar surface area (TPSA) is 47.5 Å². The maximum atomic E-state index is 7.28. The number of nitrogens with one attached hydrogen (secondary N) is 2. The van der Waals surface area contributed by atoms with E-state index in [4.69, 9.17) is 9.47 Å². The van der Waals surface area contributed by atoms with Gasteiger partial charge >= 0.3 is 0 Å². The Morgan fingerprint density at radius 1 is 0.846 bits per heavy atom. The number of benzene rings is 1. The van der Waals surface area contributed by atoms with Crippen molar-refractivity contribution in [3.8, 4) is 0 Å². The fourth-order valence-corrected chi connectivity index (χ4v) is 12.5. The average Bonchev–Trinajstić information content (AvgIpc) is 3.55. The minimum atomic E-state index is -0.00759. The fraction of sp³-hybridized carbons (Fsp3) is 0.489. The number of hydrogen-bond donors (Lipinski definition) is 2. The minimum Gasteiger partial charge on any atom is -0.490 e. The van der Waals surface area contributed by atoms with Crippen LogP contribution in [0.15, 0.2) is 113 Å². The zero-order chi connectivity index (χ0) is 34.2. The maximum absolute atomic E-state index is 7.28. The molecule has 5 aliphatic carbocycles. The molecule has 6 unspecified atom stereocenters. The van der Waals surface area contributed by atoms with E-state index in [1.807, 2.05) is 0 Å². The van der Waals surface area contributed by atoms with Gasteiger partial charge in [0.15, 0.2) is 0 Å². The molecule has 11 rings (SSSR count). The molecule has 1 aromatic carbocycles. The first-order valence-electron chi connectivity index (χ1n) is 20.8. The third kappa shape index (κ3) is 4.76. The van der Waals surface area contributed by atoms with Crippen LogP contribution in [0.4, 0.5) is 0 Å². The first-order chi connectivity index (χ1) is 25.8. The summed E-state index contributed by atoms with van der Waals surface area (Å²) in [5, 5.41) is 8.53. The summed E-state index contributed by atoms with van der Waals surface area (Å²) < 4.78 is 17.1. The highest BCUT2D eigenvalue weighted by molar-refractivity contribution is 5.89. The van der Waals surface area contributed by atoms with Crippen molar-refractivity contribution in [2.75, 3.05) is 13.1 Å². The van der Waals surface area contributed by atoms with Crippen LogP contribution < -0.4 is 10.6 Å². The second kappa shape index (κ2) is 12.6. The van der Waals surface area contributed by atoms with Gasteiger partial charge in [-0.25, -0.2) is 0 Å². The number of fused-ring (bicyclic) bond motifs is 9. The summed E-state index contributed by atoms with van der Waals surface area (Å²) in [6.07, 6.45) is 35.4. The van der Waals surface area contributed by atoms with Gasteiger partial charge in [0, 0.05) is 66.5 Å². The number of rotatable bonds is 3. The van der Waals surface area contributed by atoms with Gasteiger partial charge in [-0.3, -0.25) is 0 Å². The highest BCUT2D eigenvalue weighted by Crippen LogP contribution is 2.67. The minimum absolute atomic E-state index is 0.00759. The number of para-hydroxylation sites is 1. The molecule has 0 saturated carbocycles. The van der Waals surface area contributed by atoms with Gasteiger partial charge in [0.2, 0.25) is 0 Å². The normalized spacial score (nSPS) is 33.7. The molecule has 1 fully saturated rings. The molecule has 0 bridgehead atoms. The first-order valence-corrected chi connectivity index (χ1v) is 20.8. The lowest BCUT2D eigenvalue weighted by Gasteiger charge is -2.60. The van der Waals surface area contributed by atoms with Crippen molar-refractivity contribution >= 4 is 16.6 Å². The average molecular weight is 692 g/mol. The molecule has 0 radical (unpaired) electrons. The van der Waals surface area contributed by atoms with Gasteiger partial charge in [-0.1, -0.05) is 42.0 Å². The number of dihydropyridines is 1. The van der Waals surface area contributed by atoms with Gasteiger partial charge in [-0.15, -0.1) is 0 Å². The lowest BCUT2D eigenvalue weighted by atomic mass is 9.48. The van der Waals surface area contributed by atoms with Gasteiger partial charge in [0.25, 0.3) is 0 Å². The molecular formula is C47H53N3O2. The number of nitrogens with zero attached hydrogens (tertiary/aromatic N) is 1. The van der Waals surface area contributed by atoms with Crippen molar-refractivity contribution in [3.05, 3.63) is 124 Å². The Bertz CT molecular complexity index is 2080. The molecule has 6 atom stereocenters. The van der Waals surface area contributed by atoms with E-state index in [0.29, 0.717) is 23.7 Å². The van der Waals surface area contributed by atoms with Crippen LogP contribution >= 0.6 is 0 Å². The van der Waals surface area contributed by atoms with Crippen molar-refractivity contribution in [1.29, 1.82) is 0 Å². The second-order valence-electron chi connectivity index (χ2n) is 17.0. The van der Waals surface area contributed by atoms with Crippen LogP contribution in [0, 0.1) is 29.1 Å². The van der Waals surface area contributed by atoms with E-state index in [1.54, 1.807) is 22.3 Å². The molecule has 5 heterocycles. The summed E-state index contributed by atoms with van der Waals surface area (Å²) in [4.78, 5) is 0. The van der Waals surface area contributed by atoms with Crippen molar-refractivity contribution in [3.63, 3.8) is 0 Å². The predicted molar refractivity (Wildman–Crippen MR) is 209 cm³/mol. The molecule has 1 spiro atoms. The standard InChI is InChI=1S/C47H53N3O2/c1-4-15-41-35(12-1)36-29-49-24-22-42(36)50(41)34-19-21-40-46(27-34)52-44-17-6-3-14-38(44)47(40)37-13-2-5-16-43(37)51-45-26-32(18-20-39(45)47)30-9-7-10-31(25-30)33-11-8-23-48-28-33/h1,4-5,8-9,11-12,15-17,23,27,31-32,38,40,46,48-49H,2-3,6-7,10,13-14,18-22,24-26,28-29H2. The van der Waals surface area contributed by atoms with Crippen molar-refractivity contribution in [1.82, 2.24) is 15.2 Å². The lowest BCUT2D eigenvalue weighted by molar-refractivity contribution is -0.0666. The maximum Gasteiger partial charge on any atom is 0.126 e. The van der Waals surface area contributed by atoms with Crippen molar-refractivity contribution in [2.45, 2.75) is 103 Å². The Hall–Kier alpha value is -3.96. The monoisotopic (exact) mass is 691 g/mol. The van der Waals surface area contributed by atoms with Gasteiger partial charge < -0.3 is 24.7 Å². The zero-order valence-electron chi connectivity index (χ0n) is 30.6. The summed E-state index contributed by atoms with van der Waals surface area (Å²) in [6, 6.07) is 9.09. The second-order valence-corrected chi connectivity index (χ2v) is 17.0. The van der Waals surface area contributed by atoms with E-state index in [2.05, 4.69) is 88.2 Å². The van der Waals surface area contributed by atoms with E-state index in [1.165, 1.54) is 83.7 Å². The summed E-state index contributed by atoms with van der Waals surface area (Å²) >= 11 is 0. The smallest absolute Gasteiger partial charge is 0.126 e. The Balaban J connectivity index is 1.00. The van der Waals surface area contributed by atoms with Gasteiger partial charge in [0.1, 0.15) is 17.6 Å². The molecule has 268 valence electrons. The van der Waals surface area contributed by atoms with E-state index in [9.17, 15) is 0 Å². The van der Waals surface area contributed by atoms with E-state index >= 15 is 0 Å². The molecule has 4 aliphatic heterocycles. The third-order valence-electron chi connectivity index (χ3n) is 14.6. The highest BCUT2D eigenvalue weighted by atomic mass is 16.5. The first kappa shape index (κ1) is 31.6. The van der Waals surface area contributed by atoms with E-state index in [-0.39, 0.29) is 11.5 Å². The molecule has 5 nitrogen and oxygen atoms in total. The molecule has 5 heteroatoms. The fourth-order valence-electron chi connectivity index (χ4n) is 12.5. The predicted octanol–water partition coefficient (Wildman–Crippen LogP) is 10.1. The molecule has 52 heavy (non-hydrogen) atoms. The molecule has 9 aliphatic rings. The number of aromatic nitrogens is 1. The largest absolute Gasteiger partial charge is 0.490 e. The van der Waals surface area contributed by atoms with Gasteiger partial charge in [-0.2, -0.15) is 0 Å². The molecule has 2 aromatic rings. The Morgan fingerprint density at radius 3 is 2.77 bits per heavy atom. The quantitative estimate of drug-likeness (QED) is 0.315. The van der Waals surface area contributed by atoms with Gasteiger partial charge in [-0.05, 0) is 148 Å². The van der Waals surface area contributed by atoms with E-state index < -0.39 is 0 Å². The van der Waals surface area contributed by atoms with Gasteiger partial charge in [0.05, 0.1) is 11.3 Å². The Kier molecular flexibility index (Phi) is 7.63. The van der Waals surface area contributed by atoms with Crippen LogP contribution in [-0.2, 0) is 22.4 Å². The molecule has 0 amide bonds. The van der Waals surface area contributed by atoms with Crippen molar-refractivity contribution in [2.24, 2.45) is 29.1 Å². The van der Waals surface area contributed by atoms with Crippen LogP contribution in [0.5, 0.6) is 0 Å².